The molecule has 1 rings (SSSR count). The van der Waals surface area contributed by atoms with E-state index < -0.39 is 4.92 Å². The molecule has 110 valence electrons. The standard InChI is InChI=1S/C14H19BrN2O3/c1-4-14(3,7-8-15)16-13(18)12-9-11(17(19)20)6-5-10(12)2/h5-6,9H,4,7-8H2,1-3H3,(H,16,18). The Hall–Kier alpha value is -1.43. The zero-order valence-corrected chi connectivity index (χ0v) is 13.5. The Bertz CT molecular complexity index is 519. The van der Waals surface area contributed by atoms with Crippen molar-refractivity contribution in [1.29, 1.82) is 0 Å². The number of hydrogen-bond acceptors (Lipinski definition) is 3. The number of benzene rings is 1. The van der Waals surface area contributed by atoms with Crippen LogP contribution >= 0.6 is 15.9 Å². The van der Waals surface area contributed by atoms with Gasteiger partial charge in [-0.25, -0.2) is 0 Å². The van der Waals surface area contributed by atoms with E-state index in [2.05, 4.69) is 21.2 Å². The summed E-state index contributed by atoms with van der Waals surface area (Å²) in [6.45, 7) is 5.74. The summed E-state index contributed by atoms with van der Waals surface area (Å²) in [5.74, 6) is -0.267. The molecule has 6 heteroatoms. The Balaban J connectivity index is 3.02. The number of nitrogens with zero attached hydrogens (tertiary/aromatic N) is 1. The van der Waals surface area contributed by atoms with Crippen LogP contribution in [0.25, 0.3) is 0 Å². The van der Waals surface area contributed by atoms with Crippen molar-refractivity contribution < 1.29 is 9.72 Å². The maximum atomic E-state index is 12.3. The van der Waals surface area contributed by atoms with Crippen LogP contribution in [0, 0.1) is 17.0 Å². The van der Waals surface area contributed by atoms with E-state index in [0.717, 1.165) is 23.7 Å². The van der Waals surface area contributed by atoms with Crippen molar-refractivity contribution >= 4 is 27.5 Å². The first kappa shape index (κ1) is 16.6. The van der Waals surface area contributed by atoms with E-state index in [1.807, 2.05) is 13.8 Å². The van der Waals surface area contributed by atoms with Crippen molar-refractivity contribution in [3.8, 4) is 0 Å². The van der Waals surface area contributed by atoms with Crippen LogP contribution < -0.4 is 5.32 Å². The minimum atomic E-state index is -0.492. The third-order valence-electron chi connectivity index (χ3n) is 3.52. The molecule has 1 N–H and O–H groups in total. The molecule has 0 aromatic heterocycles. The summed E-state index contributed by atoms with van der Waals surface area (Å²) in [4.78, 5) is 22.6. The van der Waals surface area contributed by atoms with E-state index >= 15 is 0 Å². The van der Waals surface area contributed by atoms with Crippen molar-refractivity contribution in [2.24, 2.45) is 0 Å². The lowest BCUT2D eigenvalue weighted by atomic mass is 9.94. The summed E-state index contributed by atoms with van der Waals surface area (Å²) >= 11 is 3.38. The van der Waals surface area contributed by atoms with Gasteiger partial charge in [0.05, 0.1) is 4.92 Å². The van der Waals surface area contributed by atoms with Crippen LogP contribution in [-0.4, -0.2) is 21.7 Å². The smallest absolute Gasteiger partial charge is 0.270 e. The molecule has 1 aromatic rings. The van der Waals surface area contributed by atoms with Crippen LogP contribution in [-0.2, 0) is 0 Å². The quantitative estimate of drug-likeness (QED) is 0.487. The number of nitrogens with one attached hydrogen (secondary N) is 1. The lowest BCUT2D eigenvalue weighted by Crippen LogP contribution is -2.46. The van der Waals surface area contributed by atoms with Gasteiger partial charge in [-0.2, -0.15) is 0 Å². The number of nitro benzene ring substituents is 1. The molecule has 0 aliphatic rings. The van der Waals surface area contributed by atoms with Gasteiger partial charge in [0, 0.05) is 28.6 Å². The molecule has 1 aromatic carbocycles. The van der Waals surface area contributed by atoms with Crippen LogP contribution in [0.5, 0.6) is 0 Å². The van der Waals surface area contributed by atoms with Crippen LogP contribution in [0.2, 0.25) is 0 Å². The Morgan fingerprint density at radius 1 is 1.50 bits per heavy atom. The fraction of sp³-hybridized carbons (Fsp3) is 0.500. The zero-order valence-electron chi connectivity index (χ0n) is 11.9. The molecular weight excluding hydrogens is 324 g/mol. The van der Waals surface area contributed by atoms with Gasteiger partial charge < -0.3 is 5.32 Å². The van der Waals surface area contributed by atoms with Gasteiger partial charge in [-0.15, -0.1) is 0 Å². The van der Waals surface area contributed by atoms with Gasteiger partial charge in [-0.3, -0.25) is 14.9 Å². The number of nitro groups is 1. The molecule has 0 saturated heterocycles. The first-order valence-electron chi connectivity index (χ1n) is 6.46. The third kappa shape index (κ3) is 4.03. The second kappa shape index (κ2) is 6.83. The number of amides is 1. The predicted octanol–water partition coefficient (Wildman–Crippen LogP) is 3.59. The second-order valence-electron chi connectivity index (χ2n) is 5.06. The van der Waals surface area contributed by atoms with E-state index in [-0.39, 0.29) is 17.1 Å². The van der Waals surface area contributed by atoms with Gasteiger partial charge in [0.15, 0.2) is 0 Å². The van der Waals surface area contributed by atoms with E-state index in [1.54, 1.807) is 13.0 Å². The average molecular weight is 343 g/mol. The van der Waals surface area contributed by atoms with Gasteiger partial charge in [-0.05, 0) is 32.3 Å². The molecule has 1 unspecified atom stereocenters. The highest BCUT2D eigenvalue weighted by atomic mass is 79.9. The Morgan fingerprint density at radius 3 is 2.65 bits per heavy atom. The summed E-state index contributed by atoms with van der Waals surface area (Å²) in [6.07, 6.45) is 1.58. The monoisotopic (exact) mass is 342 g/mol. The largest absolute Gasteiger partial charge is 0.347 e. The molecule has 1 amide bonds. The van der Waals surface area contributed by atoms with Crippen LogP contribution in [0.3, 0.4) is 0 Å². The second-order valence-corrected chi connectivity index (χ2v) is 5.86. The third-order valence-corrected chi connectivity index (χ3v) is 3.92. The highest BCUT2D eigenvalue weighted by Crippen LogP contribution is 2.20. The Labute approximate surface area is 127 Å². The van der Waals surface area contributed by atoms with Gasteiger partial charge in [0.2, 0.25) is 0 Å². The van der Waals surface area contributed by atoms with Gasteiger partial charge in [0.1, 0.15) is 0 Å². The zero-order chi connectivity index (χ0) is 15.3. The lowest BCUT2D eigenvalue weighted by Gasteiger charge is -2.29. The van der Waals surface area contributed by atoms with E-state index in [9.17, 15) is 14.9 Å². The molecular formula is C14H19BrN2O3. The predicted molar refractivity (Wildman–Crippen MR) is 82.4 cm³/mol. The SMILES string of the molecule is CCC(C)(CCBr)NC(=O)c1cc([N+](=O)[O-])ccc1C. The molecule has 5 nitrogen and oxygen atoms in total. The summed E-state index contributed by atoms with van der Waals surface area (Å²) < 4.78 is 0. The number of non-ortho nitro benzene ring substituents is 1. The van der Waals surface area contributed by atoms with Crippen molar-refractivity contribution in [1.82, 2.24) is 5.32 Å². The minimum absolute atomic E-state index is 0.0700. The molecule has 0 saturated carbocycles. The molecule has 1 atom stereocenters. The highest BCUT2D eigenvalue weighted by molar-refractivity contribution is 9.09. The molecule has 0 aliphatic heterocycles. The van der Waals surface area contributed by atoms with Crippen molar-refractivity contribution in [2.75, 3.05) is 5.33 Å². The van der Waals surface area contributed by atoms with Crippen molar-refractivity contribution in [3.63, 3.8) is 0 Å². The van der Waals surface area contributed by atoms with Gasteiger partial charge in [0.25, 0.3) is 11.6 Å². The molecule has 0 heterocycles. The van der Waals surface area contributed by atoms with Crippen molar-refractivity contribution in [2.45, 2.75) is 39.2 Å². The summed E-state index contributed by atoms with van der Waals surface area (Å²) in [6, 6.07) is 4.33. The number of hydrogen-bond donors (Lipinski definition) is 1. The van der Waals surface area contributed by atoms with E-state index in [0.29, 0.717) is 5.56 Å². The number of aryl methyl sites for hydroxylation is 1. The molecule has 0 fully saturated rings. The number of halogens is 1. The van der Waals surface area contributed by atoms with Crippen LogP contribution in [0.1, 0.15) is 42.6 Å². The number of rotatable bonds is 6. The maximum absolute atomic E-state index is 12.3. The van der Waals surface area contributed by atoms with Crippen LogP contribution in [0.15, 0.2) is 18.2 Å². The number of alkyl halides is 1. The molecule has 0 aliphatic carbocycles. The van der Waals surface area contributed by atoms with E-state index in [1.165, 1.54) is 12.1 Å². The lowest BCUT2D eigenvalue weighted by molar-refractivity contribution is -0.384. The van der Waals surface area contributed by atoms with Crippen LogP contribution in [0.4, 0.5) is 5.69 Å². The summed E-state index contributed by atoms with van der Waals surface area (Å²) in [5.41, 5.74) is 0.691. The van der Waals surface area contributed by atoms with Crippen molar-refractivity contribution in [3.05, 3.63) is 39.4 Å². The summed E-state index contributed by atoms with van der Waals surface area (Å²) in [7, 11) is 0. The molecule has 0 radical (unpaired) electrons. The van der Waals surface area contributed by atoms with E-state index in [4.69, 9.17) is 0 Å². The topological polar surface area (TPSA) is 72.2 Å². The minimum Gasteiger partial charge on any atom is -0.347 e. The number of carbonyl (C=O) groups excluding carboxylic acids is 1. The summed E-state index contributed by atoms with van der Waals surface area (Å²) in [5, 5.41) is 14.6. The number of carbonyl (C=O) groups is 1. The molecule has 20 heavy (non-hydrogen) atoms. The average Bonchev–Trinajstić information content (AvgIpc) is 2.39. The first-order chi connectivity index (χ1) is 9.33. The Kier molecular flexibility index (Phi) is 5.68. The first-order valence-corrected chi connectivity index (χ1v) is 7.58. The highest BCUT2D eigenvalue weighted by Gasteiger charge is 2.25. The maximum Gasteiger partial charge on any atom is 0.270 e. The fourth-order valence-corrected chi connectivity index (χ4v) is 2.72. The van der Waals surface area contributed by atoms with Gasteiger partial charge in [-0.1, -0.05) is 28.9 Å². The Morgan fingerprint density at radius 2 is 2.15 bits per heavy atom. The fourth-order valence-electron chi connectivity index (χ4n) is 1.85. The molecule has 0 spiro atoms. The normalized spacial score (nSPS) is 13.6. The van der Waals surface area contributed by atoms with Gasteiger partial charge >= 0.3 is 0 Å². The molecule has 0 bridgehead atoms.